The summed E-state index contributed by atoms with van der Waals surface area (Å²) in [6.45, 7) is 9.51. The first kappa shape index (κ1) is 14.4. The van der Waals surface area contributed by atoms with Crippen molar-refractivity contribution in [1.82, 2.24) is 14.9 Å². The summed E-state index contributed by atoms with van der Waals surface area (Å²) in [5.41, 5.74) is 0.399. The summed E-state index contributed by atoms with van der Waals surface area (Å²) < 4.78 is 0. The molecule has 0 spiro atoms. The predicted molar refractivity (Wildman–Crippen MR) is 72.7 cm³/mol. The summed E-state index contributed by atoms with van der Waals surface area (Å²) in [4.78, 5) is 22.5. The molecular weight excluding hydrogens is 228 g/mol. The van der Waals surface area contributed by atoms with Crippen molar-refractivity contribution in [3.63, 3.8) is 0 Å². The Morgan fingerprint density at radius 2 is 2.11 bits per heavy atom. The summed E-state index contributed by atoms with van der Waals surface area (Å²) in [5.74, 6) is 0.586. The van der Waals surface area contributed by atoms with E-state index in [0.29, 0.717) is 18.1 Å². The number of anilines is 1. The maximum Gasteiger partial charge on any atom is 0.274 e. The number of rotatable bonds is 6. The van der Waals surface area contributed by atoms with E-state index in [1.54, 1.807) is 6.20 Å². The van der Waals surface area contributed by atoms with E-state index >= 15 is 0 Å². The fourth-order valence-electron chi connectivity index (χ4n) is 1.76. The zero-order valence-electron chi connectivity index (χ0n) is 11.6. The maximum atomic E-state index is 12.3. The molecule has 1 heterocycles. The van der Waals surface area contributed by atoms with Crippen molar-refractivity contribution >= 4 is 11.7 Å². The van der Waals surface area contributed by atoms with Gasteiger partial charge < -0.3 is 10.2 Å². The Kier molecular flexibility index (Phi) is 5.55. The van der Waals surface area contributed by atoms with Crippen LogP contribution in [0.25, 0.3) is 0 Å². The Balaban J connectivity index is 2.91. The molecule has 0 aliphatic rings. The van der Waals surface area contributed by atoms with Crippen LogP contribution in [0.1, 0.15) is 44.6 Å². The second-order valence-corrected chi connectivity index (χ2v) is 4.17. The first-order valence-electron chi connectivity index (χ1n) is 6.50. The molecule has 1 aromatic rings. The van der Waals surface area contributed by atoms with Crippen LogP contribution in [-0.2, 0) is 0 Å². The molecule has 0 aliphatic heterocycles. The Hall–Kier alpha value is -1.65. The number of amides is 1. The SMILES string of the molecule is CCNc1cncc(C(=O)N(CC)C(C)CC)n1. The van der Waals surface area contributed by atoms with Gasteiger partial charge in [0.05, 0.1) is 12.4 Å². The highest BCUT2D eigenvalue weighted by Gasteiger charge is 2.20. The lowest BCUT2D eigenvalue weighted by Crippen LogP contribution is -2.38. The fourth-order valence-corrected chi connectivity index (χ4v) is 1.76. The molecular formula is C13H22N4O. The minimum atomic E-state index is -0.0564. The lowest BCUT2D eigenvalue weighted by molar-refractivity contribution is 0.0693. The van der Waals surface area contributed by atoms with Crippen molar-refractivity contribution in [2.45, 2.75) is 40.2 Å². The normalized spacial score (nSPS) is 12.0. The highest BCUT2D eigenvalue weighted by atomic mass is 16.2. The van der Waals surface area contributed by atoms with Crippen LogP contribution in [-0.4, -0.2) is 39.9 Å². The summed E-state index contributed by atoms with van der Waals surface area (Å²) in [5, 5.41) is 3.06. The van der Waals surface area contributed by atoms with E-state index in [2.05, 4.69) is 22.2 Å². The number of carbonyl (C=O) groups excluding carboxylic acids is 1. The topological polar surface area (TPSA) is 58.1 Å². The summed E-state index contributed by atoms with van der Waals surface area (Å²) >= 11 is 0. The average molecular weight is 250 g/mol. The van der Waals surface area contributed by atoms with E-state index in [1.165, 1.54) is 6.20 Å². The highest BCUT2D eigenvalue weighted by molar-refractivity contribution is 5.92. The van der Waals surface area contributed by atoms with Crippen molar-refractivity contribution in [2.75, 3.05) is 18.4 Å². The van der Waals surface area contributed by atoms with Crippen LogP contribution in [0.15, 0.2) is 12.4 Å². The molecule has 1 rings (SSSR count). The van der Waals surface area contributed by atoms with Gasteiger partial charge in [-0.25, -0.2) is 4.98 Å². The number of aromatic nitrogens is 2. The van der Waals surface area contributed by atoms with Gasteiger partial charge in [-0.15, -0.1) is 0 Å². The van der Waals surface area contributed by atoms with Gasteiger partial charge in [0.2, 0.25) is 0 Å². The van der Waals surface area contributed by atoms with E-state index in [0.717, 1.165) is 13.0 Å². The minimum absolute atomic E-state index is 0.0564. The van der Waals surface area contributed by atoms with Gasteiger partial charge in [0.25, 0.3) is 5.91 Å². The lowest BCUT2D eigenvalue weighted by atomic mass is 10.2. The molecule has 0 saturated heterocycles. The Bertz CT molecular complexity index is 394. The zero-order valence-corrected chi connectivity index (χ0v) is 11.6. The summed E-state index contributed by atoms with van der Waals surface area (Å²) in [6.07, 6.45) is 4.08. The van der Waals surface area contributed by atoms with Gasteiger partial charge in [0, 0.05) is 19.1 Å². The molecule has 1 unspecified atom stereocenters. The van der Waals surface area contributed by atoms with E-state index in [4.69, 9.17) is 0 Å². The molecule has 1 N–H and O–H groups in total. The number of carbonyl (C=O) groups is 1. The quantitative estimate of drug-likeness (QED) is 0.840. The standard InChI is InChI=1S/C13H22N4O/c1-5-10(4)17(7-3)13(18)11-8-14-9-12(16-11)15-6-2/h8-10H,5-7H2,1-4H3,(H,15,16). The molecule has 0 radical (unpaired) electrons. The third-order valence-corrected chi connectivity index (χ3v) is 2.94. The van der Waals surface area contributed by atoms with E-state index in [1.807, 2.05) is 25.7 Å². The Labute approximate surface area is 109 Å². The highest BCUT2D eigenvalue weighted by Crippen LogP contribution is 2.10. The van der Waals surface area contributed by atoms with Crippen LogP contribution in [0, 0.1) is 0 Å². The third-order valence-electron chi connectivity index (χ3n) is 2.94. The lowest BCUT2D eigenvalue weighted by Gasteiger charge is -2.26. The molecule has 5 nitrogen and oxygen atoms in total. The number of hydrogen-bond donors (Lipinski definition) is 1. The van der Waals surface area contributed by atoms with Crippen LogP contribution in [0.2, 0.25) is 0 Å². The molecule has 0 bridgehead atoms. The Morgan fingerprint density at radius 3 is 2.67 bits per heavy atom. The maximum absolute atomic E-state index is 12.3. The van der Waals surface area contributed by atoms with Crippen LogP contribution in [0.5, 0.6) is 0 Å². The molecule has 0 fully saturated rings. The van der Waals surface area contributed by atoms with Crippen LogP contribution < -0.4 is 5.32 Å². The molecule has 18 heavy (non-hydrogen) atoms. The van der Waals surface area contributed by atoms with Gasteiger partial charge in [-0.2, -0.15) is 0 Å². The molecule has 0 saturated carbocycles. The van der Waals surface area contributed by atoms with Gasteiger partial charge in [-0.1, -0.05) is 6.92 Å². The van der Waals surface area contributed by atoms with E-state index in [-0.39, 0.29) is 11.9 Å². The molecule has 0 aliphatic carbocycles. The number of nitrogens with zero attached hydrogens (tertiary/aromatic N) is 3. The average Bonchev–Trinajstić information content (AvgIpc) is 2.40. The zero-order chi connectivity index (χ0) is 13.5. The smallest absolute Gasteiger partial charge is 0.274 e. The molecule has 5 heteroatoms. The van der Waals surface area contributed by atoms with Crippen LogP contribution >= 0.6 is 0 Å². The van der Waals surface area contributed by atoms with Crippen molar-refractivity contribution < 1.29 is 4.79 Å². The van der Waals surface area contributed by atoms with Gasteiger partial charge in [0.1, 0.15) is 11.5 Å². The minimum Gasteiger partial charge on any atom is -0.369 e. The predicted octanol–water partition coefficient (Wildman–Crippen LogP) is 2.17. The first-order chi connectivity index (χ1) is 8.63. The monoisotopic (exact) mass is 250 g/mol. The van der Waals surface area contributed by atoms with Crippen molar-refractivity contribution in [1.29, 1.82) is 0 Å². The van der Waals surface area contributed by atoms with Crippen LogP contribution in [0.4, 0.5) is 5.82 Å². The van der Waals surface area contributed by atoms with E-state index in [9.17, 15) is 4.79 Å². The van der Waals surface area contributed by atoms with Gasteiger partial charge in [0.15, 0.2) is 0 Å². The van der Waals surface area contributed by atoms with Gasteiger partial charge >= 0.3 is 0 Å². The molecule has 1 atom stereocenters. The van der Waals surface area contributed by atoms with Gasteiger partial charge in [-0.3, -0.25) is 9.78 Å². The molecule has 1 amide bonds. The van der Waals surface area contributed by atoms with Crippen molar-refractivity contribution in [3.8, 4) is 0 Å². The molecule has 100 valence electrons. The number of hydrogen-bond acceptors (Lipinski definition) is 4. The second kappa shape index (κ2) is 6.93. The first-order valence-corrected chi connectivity index (χ1v) is 6.50. The fraction of sp³-hybridized carbons (Fsp3) is 0.615. The Morgan fingerprint density at radius 1 is 1.39 bits per heavy atom. The summed E-state index contributed by atoms with van der Waals surface area (Å²) in [7, 11) is 0. The largest absolute Gasteiger partial charge is 0.369 e. The summed E-state index contributed by atoms with van der Waals surface area (Å²) in [6, 6.07) is 0.215. The van der Waals surface area contributed by atoms with Gasteiger partial charge in [-0.05, 0) is 27.2 Å². The number of nitrogens with one attached hydrogen (secondary N) is 1. The second-order valence-electron chi connectivity index (χ2n) is 4.17. The van der Waals surface area contributed by atoms with E-state index < -0.39 is 0 Å². The third kappa shape index (κ3) is 3.42. The van der Waals surface area contributed by atoms with Crippen LogP contribution in [0.3, 0.4) is 0 Å². The molecule has 1 aromatic heterocycles. The molecule has 0 aromatic carbocycles. The van der Waals surface area contributed by atoms with Crippen molar-refractivity contribution in [2.24, 2.45) is 0 Å². The van der Waals surface area contributed by atoms with Crippen molar-refractivity contribution in [3.05, 3.63) is 18.1 Å².